The lowest BCUT2D eigenvalue weighted by atomic mass is 10.3. The van der Waals surface area contributed by atoms with Gasteiger partial charge in [0.15, 0.2) is 4.77 Å². The zero-order valence-electron chi connectivity index (χ0n) is 10.5. The maximum Gasteiger partial charge on any atom is 0.174 e. The number of hydrogen-bond donors (Lipinski definition) is 2. The molecule has 0 saturated carbocycles. The Kier molecular flexibility index (Phi) is 5.04. The number of aromatic nitrogens is 2. The van der Waals surface area contributed by atoms with E-state index in [1.54, 1.807) is 23.9 Å². The molecule has 0 aliphatic carbocycles. The maximum absolute atomic E-state index is 12.8. The van der Waals surface area contributed by atoms with Gasteiger partial charge in [-0.05, 0) is 42.9 Å². The highest BCUT2D eigenvalue weighted by Crippen LogP contribution is 2.23. The minimum Gasteiger partial charge on any atom is -0.480 e. The van der Waals surface area contributed by atoms with E-state index in [2.05, 4.69) is 16.9 Å². The molecule has 6 heteroatoms. The quantitative estimate of drug-likeness (QED) is 0.618. The predicted octanol–water partition coefficient (Wildman–Crippen LogP) is 4.26. The van der Waals surface area contributed by atoms with Gasteiger partial charge in [0, 0.05) is 17.6 Å². The van der Waals surface area contributed by atoms with Crippen LogP contribution in [0.5, 0.6) is 5.75 Å². The first-order chi connectivity index (χ1) is 9.17. The summed E-state index contributed by atoms with van der Waals surface area (Å²) in [6.07, 6.45) is 2.73. The molecule has 1 unspecified atom stereocenters. The van der Waals surface area contributed by atoms with Crippen molar-refractivity contribution in [1.82, 2.24) is 9.97 Å². The molecule has 2 aromatic rings. The minimum absolute atomic E-state index is 0.0299. The van der Waals surface area contributed by atoms with Crippen LogP contribution in [-0.4, -0.2) is 15.4 Å². The Morgan fingerprint density at radius 1 is 1.37 bits per heavy atom. The molecular weight excluding hydrogens is 283 g/mol. The summed E-state index contributed by atoms with van der Waals surface area (Å²) >= 11 is 6.64. The zero-order valence-corrected chi connectivity index (χ0v) is 12.1. The van der Waals surface area contributed by atoms with Gasteiger partial charge >= 0.3 is 0 Å². The van der Waals surface area contributed by atoms with Gasteiger partial charge in [-0.3, -0.25) is 0 Å². The summed E-state index contributed by atoms with van der Waals surface area (Å²) < 4.78 is 19.2. The molecule has 1 atom stereocenters. The number of nitrogens with one attached hydrogen (secondary N) is 2. The molecule has 19 heavy (non-hydrogen) atoms. The van der Waals surface area contributed by atoms with Crippen LogP contribution in [0.4, 0.5) is 4.39 Å². The molecule has 0 saturated heterocycles. The molecule has 0 spiro atoms. The average Bonchev–Trinajstić information content (AvgIpc) is 2.82. The lowest BCUT2D eigenvalue weighted by Gasteiger charge is -2.16. The summed E-state index contributed by atoms with van der Waals surface area (Å²) in [4.78, 5) is 5.99. The van der Waals surface area contributed by atoms with Crippen LogP contribution in [0.2, 0.25) is 0 Å². The highest BCUT2D eigenvalue weighted by molar-refractivity contribution is 7.99. The van der Waals surface area contributed by atoms with E-state index < -0.39 is 0 Å². The van der Waals surface area contributed by atoms with Gasteiger partial charge in [0.1, 0.15) is 17.0 Å². The number of H-pyrrole nitrogens is 2. The number of rotatable bonds is 6. The summed E-state index contributed by atoms with van der Waals surface area (Å²) in [6, 6.07) is 6.08. The van der Waals surface area contributed by atoms with E-state index >= 15 is 0 Å². The molecule has 2 rings (SSSR count). The predicted molar refractivity (Wildman–Crippen MR) is 78.4 cm³/mol. The normalized spacial score (nSPS) is 12.3. The van der Waals surface area contributed by atoms with Crippen molar-refractivity contribution in [3.05, 3.63) is 46.7 Å². The Hall–Kier alpha value is -1.27. The highest BCUT2D eigenvalue weighted by atomic mass is 32.2. The highest BCUT2D eigenvalue weighted by Gasteiger charge is 2.09. The van der Waals surface area contributed by atoms with Crippen molar-refractivity contribution in [2.24, 2.45) is 0 Å². The van der Waals surface area contributed by atoms with Gasteiger partial charge in [0.25, 0.3) is 0 Å². The van der Waals surface area contributed by atoms with E-state index in [-0.39, 0.29) is 11.3 Å². The van der Waals surface area contributed by atoms with Gasteiger partial charge in [-0.25, -0.2) is 4.39 Å². The fourth-order valence-corrected chi connectivity index (χ4v) is 2.66. The van der Waals surface area contributed by atoms with Gasteiger partial charge in [-0.2, -0.15) is 0 Å². The molecule has 3 nitrogen and oxygen atoms in total. The van der Waals surface area contributed by atoms with E-state index in [9.17, 15) is 4.39 Å². The summed E-state index contributed by atoms with van der Waals surface area (Å²) in [5.74, 6) is 1.21. The van der Waals surface area contributed by atoms with Gasteiger partial charge < -0.3 is 14.7 Å². The number of thioether (sulfide) groups is 1. The number of hydrogen-bond acceptors (Lipinski definition) is 3. The Balaban J connectivity index is 1.89. The van der Waals surface area contributed by atoms with Gasteiger partial charge in [0.05, 0.1) is 0 Å². The minimum atomic E-state index is -0.257. The molecule has 0 radical (unpaired) electrons. The number of ether oxygens (including phenoxy) is 1. The molecule has 0 fully saturated rings. The average molecular weight is 298 g/mol. The van der Waals surface area contributed by atoms with Crippen molar-refractivity contribution in [3.8, 4) is 5.75 Å². The van der Waals surface area contributed by atoms with Crippen LogP contribution in [0, 0.1) is 10.6 Å². The molecule has 1 heterocycles. The van der Waals surface area contributed by atoms with E-state index in [0.717, 1.165) is 17.9 Å². The smallest absolute Gasteiger partial charge is 0.174 e. The van der Waals surface area contributed by atoms with Gasteiger partial charge in [-0.1, -0.05) is 6.92 Å². The number of aromatic amines is 2. The van der Waals surface area contributed by atoms with Crippen molar-refractivity contribution in [2.75, 3.05) is 0 Å². The lowest BCUT2D eigenvalue weighted by molar-refractivity contribution is 0.283. The summed E-state index contributed by atoms with van der Waals surface area (Å²) in [6.45, 7) is 2.06. The number of benzene rings is 1. The molecule has 0 bridgehead atoms. The third kappa shape index (κ3) is 4.40. The fourth-order valence-electron chi connectivity index (χ4n) is 1.53. The fraction of sp³-hybridized carbons (Fsp3) is 0.308. The third-order valence-electron chi connectivity index (χ3n) is 2.49. The standard InChI is InChI=1S/C13H15FN2OS2/c1-2-12(17-11-5-3-9(14)4-6-11)19-8-10-7-15-13(18)16-10/h3-7,12H,2,8H2,1H3,(H2,15,16,18). The van der Waals surface area contributed by atoms with Crippen LogP contribution in [0.1, 0.15) is 19.0 Å². The summed E-state index contributed by atoms with van der Waals surface area (Å²) in [5.41, 5.74) is 1.07. The SMILES string of the molecule is CCC(Oc1ccc(F)cc1)SCc1c[nH]c(=S)[nH]1. The topological polar surface area (TPSA) is 40.8 Å². The zero-order chi connectivity index (χ0) is 13.7. The Labute approximate surface area is 120 Å². The van der Waals surface area contributed by atoms with Crippen LogP contribution in [0.3, 0.4) is 0 Å². The molecule has 1 aromatic carbocycles. The molecule has 2 N–H and O–H groups in total. The molecule has 0 aliphatic heterocycles. The Morgan fingerprint density at radius 2 is 2.11 bits per heavy atom. The molecule has 0 aliphatic rings. The second kappa shape index (κ2) is 6.77. The molecule has 102 valence electrons. The summed E-state index contributed by atoms with van der Waals surface area (Å²) in [5, 5.41) is 0. The van der Waals surface area contributed by atoms with Gasteiger partial charge in [0.2, 0.25) is 0 Å². The van der Waals surface area contributed by atoms with E-state index in [1.807, 2.05) is 6.20 Å². The van der Waals surface area contributed by atoms with E-state index in [4.69, 9.17) is 17.0 Å². The second-order valence-corrected chi connectivity index (χ2v) is 5.54. The molecule has 1 aromatic heterocycles. The second-order valence-electron chi connectivity index (χ2n) is 3.99. The first-order valence-electron chi connectivity index (χ1n) is 5.97. The summed E-state index contributed by atoms with van der Waals surface area (Å²) in [7, 11) is 0. The van der Waals surface area contributed by atoms with Crippen LogP contribution in [-0.2, 0) is 5.75 Å². The van der Waals surface area contributed by atoms with Crippen LogP contribution >= 0.6 is 24.0 Å². The third-order valence-corrected chi connectivity index (χ3v) is 3.99. The van der Waals surface area contributed by atoms with Crippen molar-refractivity contribution in [3.63, 3.8) is 0 Å². The lowest BCUT2D eigenvalue weighted by Crippen LogP contribution is -2.11. The number of halogens is 1. The Morgan fingerprint density at radius 3 is 2.68 bits per heavy atom. The molecular formula is C13H15FN2OS2. The van der Waals surface area contributed by atoms with Crippen molar-refractivity contribution < 1.29 is 9.13 Å². The monoisotopic (exact) mass is 298 g/mol. The Bertz CT molecular complexity index is 565. The van der Waals surface area contributed by atoms with Crippen LogP contribution in [0.15, 0.2) is 30.5 Å². The van der Waals surface area contributed by atoms with Crippen molar-refractivity contribution in [1.29, 1.82) is 0 Å². The first-order valence-corrected chi connectivity index (χ1v) is 7.43. The van der Waals surface area contributed by atoms with E-state index in [0.29, 0.717) is 10.5 Å². The largest absolute Gasteiger partial charge is 0.480 e. The van der Waals surface area contributed by atoms with Crippen LogP contribution < -0.4 is 4.74 Å². The van der Waals surface area contributed by atoms with Crippen molar-refractivity contribution >= 4 is 24.0 Å². The van der Waals surface area contributed by atoms with E-state index in [1.165, 1.54) is 12.1 Å². The first kappa shape index (κ1) is 14.1. The van der Waals surface area contributed by atoms with Crippen molar-refractivity contribution in [2.45, 2.75) is 24.5 Å². The maximum atomic E-state index is 12.8. The number of imidazole rings is 1. The van der Waals surface area contributed by atoms with Gasteiger partial charge in [-0.15, -0.1) is 11.8 Å². The van der Waals surface area contributed by atoms with Crippen LogP contribution in [0.25, 0.3) is 0 Å². The molecule has 0 amide bonds.